The van der Waals surface area contributed by atoms with E-state index in [0.29, 0.717) is 25.3 Å². The van der Waals surface area contributed by atoms with E-state index < -0.39 is 23.2 Å². The van der Waals surface area contributed by atoms with Crippen LogP contribution in [0.25, 0.3) is 0 Å². The highest BCUT2D eigenvalue weighted by atomic mass is 19.4. The Morgan fingerprint density at radius 2 is 1.82 bits per heavy atom. The second-order valence-electron chi connectivity index (χ2n) is 4.57. The van der Waals surface area contributed by atoms with Crippen LogP contribution in [0.2, 0.25) is 0 Å². The summed E-state index contributed by atoms with van der Waals surface area (Å²) < 4.78 is 50.3. The molecule has 0 unspecified atom stereocenters. The third kappa shape index (κ3) is 3.19. The molecule has 2 rings (SSSR count). The Kier molecular flexibility index (Phi) is 2.89. The lowest BCUT2D eigenvalue weighted by molar-refractivity contribution is -0.137. The molecule has 0 radical (unpaired) electrons. The van der Waals surface area contributed by atoms with Crippen LogP contribution in [0.4, 0.5) is 17.6 Å². The number of hydrogen-bond donors (Lipinski definition) is 1. The smallest absolute Gasteiger partial charge is 0.390 e. The highest BCUT2D eigenvalue weighted by molar-refractivity contribution is 5.27. The minimum atomic E-state index is -4.53. The summed E-state index contributed by atoms with van der Waals surface area (Å²) in [5, 5.41) is 9.57. The van der Waals surface area contributed by atoms with Gasteiger partial charge in [0.15, 0.2) is 0 Å². The van der Waals surface area contributed by atoms with Crippen molar-refractivity contribution in [2.75, 3.05) is 0 Å². The molecule has 0 amide bonds. The molecule has 1 aromatic rings. The third-order valence-electron chi connectivity index (χ3n) is 2.99. The SMILES string of the molecule is OC1(CCc2cc(F)cc(C(F)(F)F)c2)CC1. The van der Waals surface area contributed by atoms with Gasteiger partial charge in [-0.2, -0.15) is 13.2 Å². The Balaban J connectivity index is 2.14. The summed E-state index contributed by atoms with van der Waals surface area (Å²) in [6.07, 6.45) is -2.54. The van der Waals surface area contributed by atoms with Gasteiger partial charge in [0.2, 0.25) is 0 Å². The normalized spacial score (nSPS) is 18.2. The van der Waals surface area contributed by atoms with Gasteiger partial charge in [-0.15, -0.1) is 0 Å². The maximum atomic E-state index is 13.0. The second-order valence-corrected chi connectivity index (χ2v) is 4.57. The van der Waals surface area contributed by atoms with E-state index in [1.54, 1.807) is 0 Å². The average molecular weight is 248 g/mol. The van der Waals surface area contributed by atoms with E-state index in [1.807, 2.05) is 0 Å². The summed E-state index contributed by atoms with van der Waals surface area (Å²) in [6.45, 7) is 0. The highest BCUT2D eigenvalue weighted by Crippen LogP contribution is 2.39. The van der Waals surface area contributed by atoms with E-state index in [9.17, 15) is 22.7 Å². The van der Waals surface area contributed by atoms with Crippen molar-refractivity contribution in [2.45, 2.75) is 37.5 Å². The number of rotatable bonds is 3. The van der Waals surface area contributed by atoms with Crippen LogP contribution < -0.4 is 0 Å². The van der Waals surface area contributed by atoms with Gasteiger partial charge < -0.3 is 5.11 Å². The number of halogens is 4. The van der Waals surface area contributed by atoms with Gasteiger partial charge in [-0.3, -0.25) is 0 Å². The van der Waals surface area contributed by atoms with Gasteiger partial charge in [-0.05, 0) is 49.4 Å². The van der Waals surface area contributed by atoms with Crippen LogP contribution in [-0.2, 0) is 12.6 Å². The largest absolute Gasteiger partial charge is 0.416 e. The minimum absolute atomic E-state index is 0.261. The molecule has 94 valence electrons. The van der Waals surface area contributed by atoms with Crippen molar-refractivity contribution in [3.63, 3.8) is 0 Å². The van der Waals surface area contributed by atoms with Crippen LogP contribution in [-0.4, -0.2) is 10.7 Å². The third-order valence-corrected chi connectivity index (χ3v) is 2.99. The molecule has 1 aliphatic rings. The molecule has 1 N–H and O–H groups in total. The van der Waals surface area contributed by atoms with Crippen LogP contribution >= 0.6 is 0 Å². The number of aryl methyl sites for hydroxylation is 1. The Labute approximate surface area is 96.1 Å². The molecular formula is C12H12F4O. The first-order valence-electron chi connectivity index (χ1n) is 5.38. The maximum Gasteiger partial charge on any atom is 0.416 e. The molecule has 0 aliphatic heterocycles. The molecule has 1 aromatic carbocycles. The molecule has 0 saturated heterocycles. The first kappa shape index (κ1) is 12.4. The molecule has 0 spiro atoms. The average Bonchev–Trinajstić information content (AvgIpc) is 2.92. The zero-order chi connectivity index (χ0) is 12.7. The fraction of sp³-hybridized carbons (Fsp3) is 0.500. The Hall–Kier alpha value is -1.10. The van der Waals surface area contributed by atoms with Gasteiger partial charge >= 0.3 is 6.18 Å². The molecule has 1 nitrogen and oxygen atoms in total. The van der Waals surface area contributed by atoms with Crippen LogP contribution in [0.3, 0.4) is 0 Å². The van der Waals surface area contributed by atoms with Gasteiger partial charge in [0.1, 0.15) is 5.82 Å². The molecule has 0 bridgehead atoms. The number of alkyl halides is 3. The summed E-state index contributed by atoms with van der Waals surface area (Å²) in [7, 11) is 0. The van der Waals surface area contributed by atoms with E-state index in [1.165, 1.54) is 0 Å². The molecular weight excluding hydrogens is 236 g/mol. The monoisotopic (exact) mass is 248 g/mol. The summed E-state index contributed by atoms with van der Waals surface area (Å²) in [6, 6.07) is 2.51. The van der Waals surface area contributed by atoms with E-state index in [0.717, 1.165) is 12.1 Å². The van der Waals surface area contributed by atoms with Crippen LogP contribution in [0.15, 0.2) is 18.2 Å². The van der Waals surface area contributed by atoms with Crippen molar-refractivity contribution >= 4 is 0 Å². The van der Waals surface area contributed by atoms with Crippen LogP contribution in [0.5, 0.6) is 0 Å². The van der Waals surface area contributed by atoms with Crippen molar-refractivity contribution in [1.82, 2.24) is 0 Å². The molecule has 0 atom stereocenters. The van der Waals surface area contributed by atoms with Crippen molar-refractivity contribution in [1.29, 1.82) is 0 Å². The standard InChI is InChI=1S/C12H12F4O/c13-10-6-8(1-2-11(17)3-4-11)5-9(7-10)12(14,15)16/h5-7,17H,1-4H2. The Morgan fingerprint density at radius 3 is 2.35 bits per heavy atom. The van der Waals surface area contributed by atoms with E-state index >= 15 is 0 Å². The molecule has 0 heterocycles. The second kappa shape index (κ2) is 3.98. The zero-order valence-electron chi connectivity index (χ0n) is 9.02. The topological polar surface area (TPSA) is 20.2 Å². The molecule has 5 heteroatoms. The zero-order valence-corrected chi connectivity index (χ0v) is 9.02. The molecule has 1 aliphatic carbocycles. The molecule has 1 fully saturated rings. The Morgan fingerprint density at radius 1 is 1.18 bits per heavy atom. The molecule has 17 heavy (non-hydrogen) atoms. The quantitative estimate of drug-likeness (QED) is 0.814. The lowest BCUT2D eigenvalue weighted by atomic mass is 10.0. The van der Waals surface area contributed by atoms with Gasteiger partial charge in [0.05, 0.1) is 11.2 Å². The highest BCUT2D eigenvalue weighted by Gasteiger charge is 2.39. The fourth-order valence-electron chi connectivity index (χ4n) is 1.73. The van der Waals surface area contributed by atoms with Crippen molar-refractivity contribution in [2.24, 2.45) is 0 Å². The summed E-state index contributed by atoms with van der Waals surface area (Å²) >= 11 is 0. The van der Waals surface area contributed by atoms with Crippen molar-refractivity contribution in [3.05, 3.63) is 35.1 Å². The van der Waals surface area contributed by atoms with E-state index in [4.69, 9.17) is 0 Å². The predicted molar refractivity (Wildman–Crippen MR) is 53.9 cm³/mol. The lowest BCUT2D eigenvalue weighted by Gasteiger charge is -2.11. The van der Waals surface area contributed by atoms with E-state index in [2.05, 4.69) is 0 Å². The fourth-order valence-corrected chi connectivity index (χ4v) is 1.73. The Bertz CT molecular complexity index is 421. The van der Waals surface area contributed by atoms with Gasteiger partial charge in [0.25, 0.3) is 0 Å². The molecule has 1 saturated carbocycles. The first-order valence-corrected chi connectivity index (χ1v) is 5.38. The van der Waals surface area contributed by atoms with Crippen LogP contribution in [0, 0.1) is 5.82 Å². The summed E-state index contributed by atoms with van der Waals surface area (Å²) in [5.74, 6) is -0.891. The number of benzene rings is 1. The summed E-state index contributed by atoms with van der Waals surface area (Å²) in [4.78, 5) is 0. The van der Waals surface area contributed by atoms with Gasteiger partial charge in [0, 0.05) is 0 Å². The molecule has 0 aromatic heterocycles. The van der Waals surface area contributed by atoms with Gasteiger partial charge in [-0.1, -0.05) is 0 Å². The lowest BCUT2D eigenvalue weighted by Crippen LogP contribution is -2.10. The van der Waals surface area contributed by atoms with E-state index in [-0.39, 0.29) is 12.0 Å². The van der Waals surface area contributed by atoms with Crippen molar-refractivity contribution < 1.29 is 22.7 Å². The van der Waals surface area contributed by atoms with Crippen LogP contribution in [0.1, 0.15) is 30.4 Å². The number of hydrogen-bond acceptors (Lipinski definition) is 1. The van der Waals surface area contributed by atoms with Crippen molar-refractivity contribution in [3.8, 4) is 0 Å². The number of aliphatic hydroxyl groups is 1. The predicted octanol–water partition coefficient (Wildman–Crippen LogP) is 3.30. The maximum absolute atomic E-state index is 13.0. The van der Waals surface area contributed by atoms with Gasteiger partial charge in [-0.25, -0.2) is 4.39 Å². The summed E-state index contributed by atoms with van der Waals surface area (Å²) in [5.41, 5.74) is -1.43. The first-order chi connectivity index (χ1) is 7.78. The minimum Gasteiger partial charge on any atom is -0.390 e.